The second kappa shape index (κ2) is 8.33. The fourth-order valence-corrected chi connectivity index (χ4v) is 4.21. The number of primary amides is 1. The highest BCUT2D eigenvalue weighted by atomic mass is 32.1. The number of benzene rings is 2. The number of aryl methyl sites for hydroxylation is 1. The number of fused-ring (bicyclic) bond motifs is 1. The lowest BCUT2D eigenvalue weighted by Gasteiger charge is -2.15. The lowest BCUT2D eigenvalue weighted by atomic mass is 9.91. The predicted molar refractivity (Wildman–Crippen MR) is 118 cm³/mol. The number of ether oxygens (including phenoxy) is 1. The zero-order chi connectivity index (χ0) is 21.3. The summed E-state index contributed by atoms with van der Waals surface area (Å²) in [5.74, 6) is -1.25. The van der Waals surface area contributed by atoms with Crippen LogP contribution in [-0.2, 0) is 4.79 Å². The number of nitrogens with two attached hydrogens (primary N) is 1. The number of rotatable bonds is 6. The Morgan fingerprint density at radius 1 is 1.24 bits per heavy atom. The monoisotopic (exact) mass is 412 g/mol. The molecule has 0 aliphatic carbocycles. The maximum Gasteiger partial charge on any atom is 0.225 e. The van der Waals surface area contributed by atoms with Gasteiger partial charge in [-0.05, 0) is 31.9 Å². The number of methoxy groups -OCH3 is 1. The third kappa shape index (κ3) is 3.77. The predicted octanol–water partition coefficient (Wildman–Crippen LogP) is 5.00. The standard InChI is InChI=1S/C23H25FN2O2S/c1-5-6-16(22(25)27)21-14(3)26(23(29)15-9-7-13(2)8-10-15)19-12-18(24)20(28-4)11-17(19)21/h7-12,16H,5-6H2,1-4H3,(H2,25,27). The molecular weight excluding hydrogens is 387 g/mol. The summed E-state index contributed by atoms with van der Waals surface area (Å²) in [5.41, 5.74) is 9.88. The van der Waals surface area contributed by atoms with E-state index in [1.165, 1.54) is 13.2 Å². The zero-order valence-electron chi connectivity index (χ0n) is 17.1. The van der Waals surface area contributed by atoms with Crippen LogP contribution in [-0.4, -0.2) is 22.6 Å². The summed E-state index contributed by atoms with van der Waals surface area (Å²) in [4.78, 5) is 12.8. The van der Waals surface area contributed by atoms with Gasteiger partial charge in [-0.2, -0.15) is 0 Å². The first-order valence-electron chi connectivity index (χ1n) is 9.59. The van der Waals surface area contributed by atoms with Crippen molar-refractivity contribution >= 4 is 34.0 Å². The quantitative estimate of drug-likeness (QED) is 0.580. The molecule has 3 rings (SSSR count). The largest absolute Gasteiger partial charge is 0.494 e. The number of nitrogens with zero attached hydrogens (tertiary/aromatic N) is 1. The van der Waals surface area contributed by atoms with Crippen LogP contribution in [0.4, 0.5) is 4.39 Å². The SMILES string of the molecule is CCCC(C(N)=O)c1c(C)n(C(=S)c2ccc(C)cc2)c2cc(F)c(OC)cc12. The number of amides is 1. The minimum atomic E-state index is -0.486. The van der Waals surface area contributed by atoms with Gasteiger partial charge >= 0.3 is 0 Å². The number of thiocarbonyl (C=S) groups is 1. The second-order valence-corrected chi connectivity index (χ2v) is 7.64. The molecule has 0 fully saturated rings. The van der Waals surface area contributed by atoms with E-state index in [0.29, 0.717) is 16.9 Å². The number of aromatic nitrogens is 1. The van der Waals surface area contributed by atoms with Crippen LogP contribution >= 0.6 is 12.2 Å². The fraction of sp³-hybridized carbons (Fsp3) is 0.304. The molecule has 6 heteroatoms. The summed E-state index contributed by atoms with van der Waals surface area (Å²) < 4.78 is 21.6. The van der Waals surface area contributed by atoms with Crippen molar-refractivity contribution in [2.45, 2.75) is 39.5 Å². The van der Waals surface area contributed by atoms with E-state index < -0.39 is 17.6 Å². The lowest BCUT2D eigenvalue weighted by molar-refractivity contribution is -0.119. The Morgan fingerprint density at radius 3 is 2.45 bits per heavy atom. The molecule has 1 unspecified atom stereocenters. The number of hydrogen-bond acceptors (Lipinski definition) is 3. The molecule has 152 valence electrons. The van der Waals surface area contributed by atoms with Gasteiger partial charge in [0, 0.05) is 22.7 Å². The van der Waals surface area contributed by atoms with Crippen LogP contribution in [0.3, 0.4) is 0 Å². The Hall–Kier alpha value is -2.73. The third-order valence-electron chi connectivity index (χ3n) is 5.30. The molecule has 0 spiro atoms. The van der Waals surface area contributed by atoms with E-state index in [2.05, 4.69) is 0 Å². The van der Waals surface area contributed by atoms with Gasteiger partial charge in [0.2, 0.25) is 5.91 Å². The second-order valence-electron chi connectivity index (χ2n) is 7.25. The van der Waals surface area contributed by atoms with Gasteiger partial charge in [0.1, 0.15) is 4.99 Å². The van der Waals surface area contributed by atoms with Gasteiger partial charge in [-0.25, -0.2) is 4.39 Å². The van der Waals surface area contributed by atoms with E-state index in [1.807, 2.05) is 49.6 Å². The molecule has 2 aromatic carbocycles. The zero-order valence-corrected chi connectivity index (χ0v) is 17.9. The van der Waals surface area contributed by atoms with E-state index in [1.54, 1.807) is 6.07 Å². The van der Waals surface area contributed by atoms with E-state index in [0.717, 1.165) is 34.2 Å². The Kier molecular flexibility index (Phi) is 6.03. The first-order chi connectivity index (χ1) is 13.8. The van der Waals surface area contributed by atoms with E-state index in [4.69, 9.17) is 22.7 Å². The number of carbonyl (C=O) groups is 1. The van der Waals surface area contributed by atoms with Crippen molar-refractivity contribution in [2.24, 2.45) is 5.73 Å². The van der Waals surface area contributed by atoms with E-state index >= 15 is 0 Å². The van der Waals surface area contributed by atoms with Crippen LogP contribution < -0.4 is 10.5 Å². The van der Waals surface area contributed by atoms with Crippen molar-refractivity contribution in [2.75, 3.05) is 7.11 Å². The maximum absolute atomic E-state index is 14.6. The minimum absolute atomic E-state index is 0.122. The normalized spacial score (nSPS) is 12.2. The maximum atomic E-state index is 14.6. The summed E-state index contributed by atoms with van der Waals surface area (Å²) in [5, 5.41) is 0.729. The first kappa shape index (κ1) is 21.0. The van der Waals surface area contributed by atoms with E-state index in [9.17, 15) is 9.18 Å². The molecule has 0 bridgehead atoms. The first-order valence-corrected chi connectivity index (χ1v) is 10.00. The summed E-state index contributed by atoms with van der Waals surface area (Å²) in [6.45, 7) is 5.90. The van der Waals surface area contributed by atoms with Crippen LogP contribution in [0.5, 0.6) is 5.75 Å². The molecule has 0 saturated carbocycles. The van der Waals surface area contributed by atoms with Crippen LogP contribution in [0.25, 0.3) is 10.9 Å². The van der Waals surface area contributed by atoms with Gasteiger partial charge in [0.25, 0.3) is 0 Å². The molecule has 0 saturated heterocycles. The third-order valence-corrected chi connectivity index (χ3v) is 5.72. The van der Waals surface area contributed by atoms with Gasteiger partial charge in [-0.3, -0.25) is 4.79 Å². The molecule has 0 radical (unpaired) electrons. The van der Waals surface area contributed by atoms with Crippen LogP contribution in [0, 0.1) is 19.7 Å². The topological polar surface area (TPSA) is 57.2 Å². The number of carbonyl (C=O) groups excluding carboxylic acids is 1. The van der Waals surface area contributed by atoms with Crippen molar-refractivity contribution in [3.63, 3.8) is 0 Å². The summed E-state index contributed by atoms with van der Waals surface area (Å²) in [6.07, 6.45) is 1.40. The Bertz CT molecular complexity index is 1090. The molecule has 1 atom stereocenters. The Morgan fingerprint density at radius 2 is 1.90 bits per heavy atom. The molecule has 0 aliphatic rings. The summed E-state index contributed by atoms with van der Waals surface area (Å²) >= 11 is 5.77. The summed E-state index contributed by atoms with van der Waals surface area (Å²) in [7, 11) is 1.42. The van der Waals surface area contributed by atoms with E-state index in [-0.39, 0.29) is 5.75 Å². The van der Waals surface area contributed by atoms with Crippen molar-refractivity contribution in [3.05, 3.63) is 64.6 Å². The van der Waals surface area contributed by atoms with Crippen molar-refractivity contribution in [1.29, 1.82) is 0 Å². The molecule has 1 amide bonds. The molecule has 1 heterocycles. The molecule has 0 aliphatic heterocycles. The molecule has 1 aromatic heterocycles. The molecule has 29 heavy (non-hydrogen) atoms. The Labute approximate surface area is 175 Å². The highest BCUT2D eigenvalue weighted by molar-refractivity contribution is 7.80. The molecule has 3 aromatic rings. The van der Waals surface area contributed by atoms with Crippen LogP contribution in [0.1, 0.15) is 48.1 Å². The number of hydrogen-bond donors (Lipinski definition) is 1. The highest BCUT2D eigenvalue weighted by Crippen LogP contribution is 2.37. The van der Waals surface area contributed by atoms with Gasteiger partial charge in [-0.1, -0.05) is 55.4 Å². The van der Waals surface area contributed by atoms with Crippen molar-refractivity contribution < 1.29 is 13.9 Å². The minimum Gasteiger partial charge on any atom is -0.494 e. The average Bonchev–Trinajstić information content (AvgIpc) is 2.95. The van der Waals surface area contributed by atoms with Gasteiger partial charge in [0.05, 0.1) is 18.5 Å². The molecule has 2 N–H and O–H groups in total. The van der Waals surface area contributed by atoms with Crippen LogP contribution in [0.15, 0.2) is 36.4 Å². The Balaban J connectivity index is 2.33. The van der Waals surface area contributed by atoms with Gasteiger partial charge in [0.15, 0.2) is 11.6 Å². The smallest absolute Gasteiger partial charge is 0.225 e. The van der Waals surface area contributed by atoms with Crippen molar-refractivity contribution in [3.8, 4) is 5.75 Å². The number of halogens is 1. The van der Waals surface area contributed by atoms with Crippen molar-refractivity contribution in [1.82, 2.24) is 4.57 Å². The average molecular weight is 413 g/mol. The highest BCUT2D eigenvalue weighted by Gasteiger charge is 2.28. The fourth-order valence-electron chi connectivity index (χ4n) is 3.84. The molecular formula is C23H25FN2O2S. The lowest BCUT2D eigenvalue weighted by Crippen LogP contribution is -2.22. The van der Waals surface area contributed by atoms with Crippen LogP contribution in [0.2, 0.25) is 0 Å². The van der Waals surface area contributed by atoms with Gasteiger partial charge in [-0.15, -0.1) is 0 Å². The summed E-state index contributed by atoms with van der Waals surface area (Å²) in [6, 6.07) is 10.9. The molecule has 4 nitrogen and oxygen atoms in total. The van der Waals surface area contributed by atoms with Gasteiger partial charge < -0.3 is 15.0 Å².